The summed E-state index contributed by atoms with van der Waals surface area (Å²) in [6.45, 7) is 1.06. The van der Waals surface area contributed by atoms with Crippen LogP contribution < -0.4 is 14.2 Å². The van der Waals surface area contributed by atoms with Crippen LogP contribution in [-0.2, 0) is 21.4 Å². The zero-order chi connectivity index (χ0) is 20.2. The number of amides is 1. The van der Waals surface area contributed by atoms with Crippen LogP contribution in [0.15, 0.2) is 12.1 Å². The van der Waals surface area contributed by atoms with Gasteiger partial charge in [0.15, 0.2) is 11.5 Å². The largest absolute Gasteiger partial charge is 0.493 e. The first-order valence-corrected chi connectivity index (χ1v) is 10.5. The molecule has 1 aliphatic rings. The highest BCUT2D eigenvalue weighted by Gasteiger charge is 2.31. The first-order valence-electron chi connectivity index (χ1n) is 8.70. The number of carbonyl (C=O) groups is 1. The molecule has 0 saturated carbocycles. The van der Waals surface area contributed by atoms with E-state index in [9.17, 15) is 13.2 Å². The Morgan fingerprint density at radius 1 is 1.19 bits per heavy atom. The first kappa shape index (κ1) is 21.3. The normalized spacial score (nSPS) is 18.0. The number of rotatable bonds is 7. The van der Waals surface area contributed by atoms with E-state index in [0.29, 0.717) is 43.2 Å². The minimum atomic E-state index is -3.29. The van der Waals surface area contributed by atoms with Gasteiger partial charge in [-0.25, -0.2) is 12.7 Å². The van der Waals surface area contributed by atoms with E-state index < -0.39 is 10.0 Å². The maximum absolute atomic E-state index is 12.8. The van der Waals surface area contributed by atoms with Crippen molar-refractivity contribution in [3.8, 4) is 17.2 Å². The summed E-state index contributed by atoms with van der Waals surface area (Å²) in [4.78, 5) is 14.4. The van der Waals surface area contributed by atoms with Crippen LogP contribution in [0.4, 0.5) is 0 Å². The molecule has 1 fully saturated rings. The Morgan fingerprint density at radius 3 is 2.26 bits per heavy atom. The lowest BCUT2D eigenvalue weighted by Crippen LogP contribution is -2.45. The summed E-state index contributed by atoms with van der Waals surface area (Å²) in [5.74, 6) is 1.13. The third-order valence-corrected chi connectivity index (χ3v) is 5.99. The van der Waals surface area contributed by atoms with Crippen molar-refractivity contribution in [1.29, 1.82) is 0 Å². The topological polar surface area (TPSA) is 85.4 Å². The molecule has 2 rings (SSSR count). The molecule has 152 valence electrons. The molecule has 1 heterocycles. The third-order valence-electron chi connectivity index (χ3n) is 4.72. The van der Waals surface area contributed by atoms with E-state index in [2.05, 4.69) is 0 Å². The molecule has 0 spiro atoms. The minimum absolute atomic E-state index is 0.0721. The number of hydrogen-bond donors (Lipinski definition) is 0. The number of methoxy groups -OCH3 is 3. The molecule has 1 saturated heterocycles. The van der Waals surface area contributed by atoms with Crippen LogP contribution >= 0.6 is 0 Å². The standard InChI is InChI=1S/C18H28N2O6S/c1-19(18(21)14-7-6-8-20(12-14)27(5,22)23)11-13-9-15(24-2)17(26-4)16(10-13)25-3/h9-10,14H,6-8,11-12H2,1-5H3/t14-/m0/s1. The van der Waals surface area contributed by atoms with E-state index >= 15 is 0 Å². The quantitative estimate of drug-likeness (QED) is 0.687. The van der Waals surface area contributed by atoms with E-state index in [1.807, 2.05) is 0 Å². The Bertz CT molecular complexity index is 755. The van der Waals surface area contributed by atoms with Crippen molar-refractivity contribution >= 4 is 15.9 Å². The second kappa shape index (κ2) is 8.79. The Labute approximate surface area is 161 Å². The predicted molar refractivity (Wildman–Crippen MR) is 102 cm³/mol. The molecule has 8 nitrogen and oxygen atoms in total. The average Bonchev–Trinajstić information content (AvgIpc) is 2.65. The number of nitrogens with zero attached hydrogens (tertiary/aromatic N) is 2. The Morgan fingerprint density at radius 2 is 1.78 bits per heavy atom. The van der Waals surface area contributed by atoms with Crippen LogP contribution in [0, 0.1) is 5.92 Å². The minimum Gasteiger partial charge on any atom is -0.493 e. The zero-order valence-electron chi connectivity index (χ0n) is 16.5. The maximum Gasteiger partial charge on any atom is 0.227 e. The Kier molecular flexibility index (Phi) is 6.94. The van der Waals surface area contributed by atoms with E-state index in [-0.39, 0.29) is 18.4 Å². The van der Waals surface area contributed by atoms with E-state index in [0.717, 1.165) is 5.56 Å². The molecule has 0 aromatic heterocycles. The highest BCUT2D eigenvalue weighted by atomic mass is 32.2. The van der Waals surface area contributed by atoms with Crippen LogP contribution in [0.25, 0.3) is 0 Å². The molecule has 0 radical (unpaired) electrons. The summed E-state index contributed by atoms with van der Waals surface area (Å²) in [6, 6.07) is 3.60. The van der Waals surface area contributed by atoms with Gasteiger partial charge in [-0.15, -0.1) is 0 Å². The summed E-state index contributed by atoms with van der Waals surface area (Å²) >= 11 is 0. The Balaban J connectivity index is 2.14. The highest BCUT2D eigenvalue weighted by Crippen LogP contribution is 2.38. The fourth-order valence-corrected chi connectivity index (χ4v) is 4.25. The van der Waals surface area contributed by atoms with Gasteiger partial charge >= 0.3 is 0 Å². The number of piperidine rings is 1. The van der Waals surface area contributed by atoms with Crippen molar-refractivity contribution in [3.05, 3.63) is 17.7 Å². The van der Waals surface area contributed by atoms with Gasteiger partial charge < -0.3 is 19.1 Å². The molecule has 1 amide bonds. The molecule has 1 aromatic carbocycles. The van der Waals surface area contributed by atoms with Crippen LogP contribution in [-0.4, -0.2) is 71.3 Å². The molecule has 0 aliphatic carbocycles. The average molecular weight is 400 g/mol. The molecule has 9 heteroatoms. The van der Waals surface area contributed by atoms with Crippen molar-refractivity contribution < 1.29 is 27.4 Å². The first-order chi connectivity index (χ1) is 12.7. The lowest BCUT2D eigenvalue weighted by Gasteiger charge is -2.32. The molecule has 1 aromatic rings. The molecule has 0 N–H and O–H groups in total. The zero-order valence-corrected chi connectivity index (χ0v) is 17.3. The molecule has 27 heavy (non-hydrogen) atoms. The fraction of sp³-hybridized carbons (Fsp3) is 0.611. The lowest BCUT2D eigenvalue weighted by atomic mass is 9.98. The summed E-state index contributed by atoms with van der Waals surface area (Å²) in [6.07, 6.45) is 2.55. The summed E-state index contributed by atoms with van der Waals surface area (Å²) in [5.41, 5.74) is 0.830. The van der Waals surface area contributed by atoms with Gasteiger partial charge in [0, 0.05) is 26.7 Å². The van der Waals surface area contributed by atoms with Crippen LogP contribution in [0.2, 0.25) is 0 Å². The van der Waals surface area contributed by atoms with Gasteiger partial charge in [0.25, 0.3) is 0 Å². The van der Waals surface area contributed by atoms with Gasteiger partial charge in [-0.1, -0.05) is 0 Å². The molecule has 0 bridgehead atoms. The van der Waals surface area contributed by atoms with Crippen LogP contribution in [0.5, 0.6) is 17.2 Å². The smallest absolute Gasteiger partial charge is 0.227 e. The number of sulfonamides is 1. The molecular weight excluding hydrogens is 372 g/mol. The fourth-order valence-electron chi connectivity index (χ4n) is 3.34. The van der Waals surface area contributed by atoms with E-state index in [1.54, 1.807) is 24.1 Å². The third kappa shape index (κ3) is 5.04. The van der Waals surface area contributed by atoms with Crippen molar-refractivity contribution in [2.45, 2.75) is 19.4 Å². The Hall–Kier alpha value is -2.00. The number of carbonyl (C=O) groups excluding carboxylic acids is 1. The number of hydrogen-bond acceptors (Lipinski definition) is 6. The summed E-state index contributed by atoms with van der Waals surface area (Å²) < 4.78 is 40.9. The van der Waals surface area contributed by atoms with Crippen molar-refractivity contribution in [2.24, 2.45) is 5.92 Å². The second-order valence-electron chi connectivity index (χ2n) is 6.69. The maximum atomic E-state index is 12.8. The van der Waals surface area contributed by atoms with Crippen molar-refractivity contribution in [3.63, 3.8) is 0 Å². The van der Waals surface area contributed by atoms with Crippen LogP contribution in [0.3, 0.4) is 0 Å². The second-order valence-corrected chi connectivity index (χ2v) is 8.67. The highest BCUT2D eigenvalue weighted by molar-refractivity contribution is 7.88. The van der Waals surface area contributed by atoms with Crippen molar-refractivity contribution in [2.75, 3.05) is 47.7 Å². The van der Waals surface area contributed by atoms with Crippen LogP contribution in [0.1, 0.15) is 18.4 Å². The lowest BCUT2D eigenvalue weighted by molar-refractivity contribution is -0.135. The summed E-state index contributed by atoms with van der Waals surface area (Å²) in [5, 5.41) is 0. The monoisotopic (exact) mass is 400 g/mol. The van der Waals surface area contributed by atoms with E-state index in [4.69, 9.17) is 14.2 Å². The molecule has 1 aliphatic heterocycles. The summed E-state index contributed by atoms with van der Waals surface area (Å²) in [7, 11) is 3.04. The van der Waals surface area contributed by atoms with Gasteiger partial charge in [-0.3, -0.25) is 4.79 Å². The molecule has 1 atom stereocenters. The number of ether oxygens (including phenoxy) is 3. The molecular formula is C18H28N2O6S. The predicted octanol–water partition coefficient (Wildman–Crippen LogP) is 1.34. The number of benzene rings is 1. The van der Waals surface area contributed by atoms with Gasteiger partial charge in [0.2, 0.25) is 21.7 Å². The molecule has 0 unspecified atom stereocenters. The van der Waals surface area contributed by atoms with Gasteiger partial charge in [0.1, 0.15) is 0 Å². The van der Waals surface area contributed by atoms with Gasteiger partial charge in [0.05, 0.1) is 33.5 Å². The van der Waals surface area contributed by atoms with E-state index in [1.165, 1.54) is 31.9 Å². The van der Waals surface area contributed by atoms with Gasteiger partial charge in [-0.05, 0) is 30.5 Å². The van der Waals surface area contributed by atoms with Crippen molar-refractivity contribution in [1.82, 2.24) is 9.21 Å². The SMILES string of the molecule is COc1cc(CN(C)C(=O)[C@H]2CCCN(S(C)(=O)=O)C2)cc(OC)c1OC. The van der Waals surface area contributed by atoms with Gasteiger partial charge in [-0.2, -0.15) is 0 Å².